The number of carbonyl (C=O) groups excluding carboxylic acids is 1. The summed E-state index contributed by atoms with van der Waals surface area (Å²) in [5, 5.41) is 12.4. The Labute approximate surface area is 167 Å². The van der Waals surface area contributed by atoms with E-state index in [4.69, 9.17) is 22.1 Å². The van der Waals surface area contributed by atoms with Gasteiger partial charge in [0.25, 0.3) is 0 Å². The second-order valence-corrected chi connectivity index (χ2v) is 7.20. The van der Waals surface area contributed by atoms with Gasteiger partial charge in [-0.2, -0.15) is 0 Å². The van der Waals surface area contributed by atoms with Gasteiger partial charge < -0.3 is 14.7 Å². The zero-order valence-electron chi connectivity index (χ0n) is 16.0. The predicted octanol–water partition coefficient (Wildman–Crippen LogP) is 3.52. The highest BCUT2D eigenvalue weighted by Gasteiger charge is 2.23. The van der Waals surface area contributed by atoms with E-state index in [-0.39, 0.29) is 12.5 Å². The molecule has 0 heterocycles. The number of hydrogen-bond acceptors (Lipinski definition) is 4. The van der Waals surface area contributed by atoms with Crippen molar-refractivity contribution in [2.75, 3.05) is 20.3 Å². The Kier molecular flexibility index (Phi) is 9.28. The molecule has 1 amide bonds. The van der Waals surface area contributed by atoms with Crippen LogP contribution in [-0.4, -0.2) is 47.3 Å². The molecule has 2 rings (SSSR count). The van der Waals surface area contributed by atoms with Crippen molar-refractivity contribution < 1.29 is 14.6 Å². The summed E-state index contributed by atoms with van der Waals surface area (Å²) in [7, 11) is 1.62. The normalized spacial score (nSPS) is 14.9. The Bertz CT molecular complexity index is 625. The molecule has 1 aromatic carbocycles. The highest BCUT2D eigenvalue weighted by atomic mass is 32.1. The molecule has 1 aliphatic rings. The zero-order chi connectivity index (χ0) is 19.5. The molecular weight excluding hydrogens is 360 g/mol. The van der Waals surface area contributed by atoms with Gasteiger partial charge in [-0.05, 0) is 61.7 Å². The standard InChI is InChI=1S/C21H30N2O3S/c1-26-19-12-9-17(10-13-19)11-14-20(25)22-21(27)23(15-5-6-16-24)18-7-3-2-4-8-18/h9-14,18,24H,2-8,15-16H2,1H3,(H,22,25,27). The summed E-state index contributed by atoms with van der Waals surface area (Å²) in [5.74, 6) is 0.558. The molecule has 0 saturated heterocycles. The molecule has 0 spiro atoms. The van der Waals surface area contributed by atoms with Crippen LogP contribution in [0.25, 0.3) is 6.08 Å². The lowest BCUT2D eigenvalue weighted by atomic mass is 9.94. The Morgan fingerprint density at radius 2 is 1.96 bits per heavy atom. The molecule has 0 atom stereocenters. The van der Waals surface area contributed by atoms with Gasteiger partial charge in [-0.3, -0.25) is 10.1 Å². The number of unbranched alkanes of at least 4 members (excludes halogenated alkanes) is 1. The summed E-state index contributed by atoms with van der Waals surface area (Å²) in [4.78, 5) is 14.4. The molecule has 6 heteroatoms. The molecule has 0 bridgehead atoms. The van der Waals surface area contributed by atoms with E-state index in [1.165, 1.54) is 25.3 Å². The average molecular weight is 391 g/mol. The Hall–Kier alpha value is -1.92. The minimum Gasteiger partial charge on any atom is -0.497 e. The first kappa shape index (κ1) is 21.4. The number of carbonyl (C=O) groups is 1. The summed E-state index contributed by atoms with van der Waals surface area (Å²) in [6.45, 7) is 0.953. The first-order valence-electron chi connectivity index (χ1n) is 9.68. The molecule has 0 aliphatic heterocycles. The predicted molar refractivity (Wildman–Crippen MR) is 113 cm³/mol. The van der Waals surface area contributed by atoms with Crippen LogP contribution in [0.5, 0.6) is 5.75 Å². The van der Waals surface area contributed by atoms with Crippen LogP contribution in [-0.2, 0) is 4.79 Å². The van der Waals surface area contributed by atoms with E-state index in [0.29, 0.717) is 11.2 Å². The van der Waals surface area contributed by atoms with Crippen LogP contribution < -0.4 is 10.1 Å². The number of nitrogens with zero attached hydrogens (tertiary/aromatic N) is 1. The molecule has 5 nitrogen and oxygen atoms in total. The van der Waals surface area contributed by atoms with Gasteiger partial charge >= 0.3 is 0 Å². The summed E-state index contributed by atoms with van der Waals surface area (Å²) in [6.07, 6.45) is 10.8. The molecule has 0 aromatic heterocycles. The van der Waals surface area contributed by atoms with Crippen molar-refractivity contribution in [3.05, 3.63) is 35.9 Å². The number of aliphatic hydroxyl groups excluding tert-OH is 1. The molecule has 1 saturated carbocycles. The van der Waals surface area contributed by atoms with Crippen LogP contribution in [0, 0.1) is 0 Å². The van der Waals surface area contributed by atoms with E-state index in [1.54, 1.807) is 13.2 Å². The monoisotopic (exact) mass is 390 g/mol. The van der Waals surface area contributed by atoms with Gasteiger partial charge in [0.1, 0.15) is 5.75 Å². The van der Waals surface area contributed by atoms with Gasteiger partial charge in [0.05, 0.1) is 7.11 Å². The zero-order valence-corrected chi connectivity index (χ0v) is 16.8. The van der Waals surface area contributed by atoms with Crippen molar-refractivity contribution in [3.8, 4) is 5.75 Å². The van der Waals surface area contributed by atoms with Crippen molar-refractivity contribution in [1.29, 1.82) is 0 Å². The van der Waals surface area contributed by atoms with Gasteiger partial charge in [-0.15, -0.1) is 0 Å². The number of rotatable bonds is 8. The molecule has 1 aliphatic carbocycles. The third-order valence-corrected chi connectivity index (χ3v) is 5.19. The quantitative estimate of drug-likeness (QED) is 0.404. The first-order valence-corrected chi connectivity index (χ1v) is 10.1. The summed E-state index contributed by atoms with van der Waals surface area (Å²) < 4.78 is 5.13. The molecule has 0 radical (unpaired) electrons. The number of thiocarbonyl (C=S) groups is 1. The molecular formula is C21H30N2O3S. The third kappa shape index (κ3) is 7.31. The number of benzene rings is 1. The van der Waals surface area contributed by atoms with Crippen LogP contribution >= 0.6 is 12.2 Å². The number of methoxy groups -OCH3 is 1. The average Bonchev–Trinajstić information content (AvgIpc) is 2.70. The minimum atomic E-state index is -0.223. The van der Waals surface area contributed by atoms with Gasteiger partial charge in [-0.25, -0.2) is 0 Å². The van der Waals surface area contributed by atoms with Crippen molar-refractivity contribution in [3.63, 3.8) is 0 Å². The van der Waals surface area contributed by atoms with Crippen molar-refractivity contribution in [2.45, 2.75) is 51.0 Å². The highest BCUT2D eigenvalue weighted by molar-refractivity contribution is 7.80. The molecule has 1 fully saturated rings. The highest BCUT2D eigenvalue weighted by Crippen LogP contribution is 2.23. The van der Waals surface area contributed by atoms with Crippen LogP contribution in [0.2, 0.25) is 0 Å². The Balaban J connectivity index is 1.92. The topological polar surface area (TPSA) is 61.8 Å². The third-order valence-electron chi connectivity index (χ3n) is 4.86. The second kappa shape index (κ2) is 11.7. The van der Waals surface area contributed by atoms with Gasteiger partial charge in [-0.1, -0.05) is 31.4 Å². The molecule has 148 valence electrons. The van der Waals surface area contributed by atoms with E-state index in [0.717, 1.165) is 43.5 Å². The van der Waals surface area contributed by atoms with Crippen LogP contribution in [0.4, 0.5) is 0 Å². The molecule has 1 aromatic rings. The van der Waals surface area contributed by atoms with Gasteiger partial charge in [0, 0.05) is 25.3 Å². The van der Waals surface area contributed by atoms with E-state index in [2.05, 4.69) is 10.2 Å². The summed E-state index contributed by atoms with van der Waals surface area (Å²) in [5.41, 5.74) is 0.920. The summed E-state index contributed by atoms with van der Waals surface area (Å²) >= 11 is 5.53. The minimum absolute atomic E-state index is 0.183. The fourth-order valence-corrected chi connectivity index (χ4v) is 3.68. The second-order valence-electron chi connectivity index (χ2n) is 6.82. The first-order chi connectivity index (χ1) is 13.1. The Morgan fingerprint density at radius 1 is 1.26 bits per heavy atom. The molecule has 27 heavy (non-hydrogen) atoms. The van der Waals surface area contributed by atoms with E-state index >= 15 is 0 Å². The summed E-state index contributed by atoms with van der Waals surface area (Å²) in [6, 6.07) is 7.88. The molecule has 2 N–H and O–H groups in total. The fourth-order valence-electron chi connectivity index (χ4n) is 3.34. The maximum atomic E-state index is 12.3. The smallest absolute Gasteiger partial charge is 0.250 e. The number of nitrogens with one attached hydrogen (secondary N) is 1. The number of aliphatic hydroxyl groups is 1. The maximum absolute atomic E-state index is 12.3. The number of ether oxygens (including phenoxy) is 1. The lowest BCUT2D eigenvalue weighted by Gasteiger charge is -2.36. The van der Waals surface area contributed by atoms with E-state index in [1.807, 2.05) is 24.3 Å². The lowest BCUT2D eigenvalue weighted by molar-refractivity contribution is -0.115. The number of hydrogen-bond donors (Lipinski definition) is 2. The largest absolute Gasteiger partial charge is 0.497 e. The van der Waals surface area contributed by atoms with Crippen molar-refractivity contribution >= 4 is 29.3 Å². The van der Waals surface area contributed by atoms with Gasteiger partial charge in [0.2, 0.25) is 5.91 Å². The maximum Gasteiger partial charge on any atom is 0.250 e. The van der Waals surface area contributed by atoms with Crippen LogP contribution in [0.15, 0.2) is 30.3 Å². The van der Waals surface area contributed by atoms with E-state index < -0.39 is 0 Å². The Morgan fingerprint density at radius 3 is 2.59 bits per heavy atom. The SMILES string of the molecule is COc1ccc(C=CC(=O)NC(=S)N(CCCCO)C2CCCCC2)cc1. The fraction of sp³-hybridized carbons (Fsp3) is 0.524. The van der Waals surface area contributed by atoms with Crippen molar-refractivity contribution in [1.82, 2.24) is 10.2 Å². The van der Waals surface area contributed by atoms with Gasteiger partial charge in [0.15, 0.2) is 5.11 Å². The lowest BCUT2D eigenvalue weighted by Crippen LogP contribution is -2.48. The van der Waals surface area contributed by atoms with E-state index in [9.17, 15) is 4.79 Å². The van der Waals surface area contributed by atoms with Crippen LogP contribution in [0.1, 0.15) is 50.5 Å². The number of amides is 1. The van der Waals surface area contributed by atoms with Crippen LogP contribution in [0.3, 0.4) is 0 Å². The van der Waals surface area contributed by atoms with Crippen molar-refractivity contribution in [2.24, 2.45) is 0 Å². The molecule has 0 unspecified atom stereocenters.